The van der Waals surface area contributed by atoms with Gasteiger partial charge in [0.1, 0.15) is 28.5 Å². The lowest BCUT2D eigenvalue weighted by Crippen LogP contribution is -2.51. The predicted molar refractivity (Wildman–Crippen MR) is 152 cm³/mol. The van der Waals surface area contributed by atoms with E-state index >= 15 is 0 Å². The van der Waals surface area contributed by atoms with E-state index in [1.54, 1.807) is 63.9 Å². The molecule has 0 bridgehead atoms. The maximum absolute atomic E-state index is 13.4. The molecule has 220 valence electrons. The first-order valence-electron chi connectivity index (χ1n) is 13.8. The summed E-state index contributed by atoms with van der Waals surface area (Å²) in [5.74, 6) is 0.188. The van der Waals surface area contributed by atoms with E-state index in [9.17, 15) is 14.4 Å². The fourth-order valence-electron chi connectivity index (χ4n) is 4.97. The topological polar surface area (TPSA) is 141 Å². The van der Waals surface area contributed by atoms with Gasteiger partial charge in [-0.3, -0.25) is 14.5 Å². The molecule has 0 radical (unpaired) electrons. The van der Waals surface area contributed by atoms with Crippen molar-refractivity contribution in [3.05, 3.63) is 46.5 Å². The molecule has 13 heteroatoms. The zero-order valence-corrected chi connectivity index (χ0v) is 24.0. The quantitative estimate of drug-likeness (QED) is 0.440. The SMILES string of the molecule is CO[C@@H]1CCC1NC(=O)c1cnn2c(N(C)C(=O)OC(C)(C)C)cc(Nc3cccn(C4CCCOC4)c3=O)nc12. The monoisotopic (exact) mass is 567 g/mol. The number of carbonyl (C=O) groups is 2. The van der Waals surface area contributed by atoms with Crippen LogP contribution in [-0.4, -0.2) is 76.3 Å². The highest BCUT2D eigenvalue weighted by molar-refractivity contribution is 6.00. The summed E-state index contributed by atoms with van der Waals surface area (Å²) in [6, 6.07) is 4.86. The number of hydrogen-bond donors (Lipinski definition) is 2. The average Bonchev–Trinajstić information content (AvgIpc) is 3.35. The Morgan fingerprint density at radius 1 is 1.22 bits per heavy atom. The Bertz CT molecular complexity index is 1490. The van der Waals surface area contributed by atoms with Crippen LogP contribution in [0.5, 0.6) is 0 Å². The molecule has 1 aliphatic carbocycles. The van der Waals surface area contributed by atoms with Gasteiger partial charge >= 0.3 is 6.09 Å². The van der Waals surface area contributed by atoms with Gasteiger partial charge in [0.2, 0.25) is 0 Å². The van der Waals surface area contributed by atoms with Gasteiger partial charge in [-0.2, -0.15) is 9.61 Å². The lowest BCUT2D eigenvalue weighted by atomic mass is 9.89. The van der Waals surface area contributed by atoms with Crippen molar-refractivity contribution in [2.24, 2.45) is 0 Å². The van der Waals surface area contributed by atoms with E-state index in [0.29, 0.717) is 24.7 Å². The van der Waals surface area contributed by atoms with Crippen LogP contribution in [0.2, 0.25) is 0 Å². The molecule has 2 aliphatic rings. The molecule has 13 nitrogen and oxygen atoms in total. The molecule has 1 saturated carbocycles. The fraction of sp³-hybridized carbons (Fsp3) is 0.536. The van der Waals surface area contributed by atoms with Gasteiger partial charge in [0, 0.05) is 33.0 Å². The first kappa shape index (κ1) is 28.6. The minimum Gasteiger partial charge on any atom is -0.443 e. The second-order valence-electron chi connectivity index (χ2n) is 11.4. The van der Waals surface area contributed by atoms with Crippen LogP contribution in [0.15, 0.2) is 35.4 Å². The molecular weight excluding hydrogens is 530 g/mol. The van der Waals surface area contributed by atoms with Gasteiger partial charge < -0.3 is 29.4 Å². The molecule has 1 saturated heterocycles. The Morgan fingerprint density at radius 3 is 2.68 bits per heavy atom. The Hall–Kier alpha value is -3.97. The molecule has 2 amide bonds. The summed E-state index contributed by atoms with van der Waals surface area (Å²) >= 11 is 0. The van der Waals surface area contributed by atoms with Crippen LogP contribution in [0.4, 0.5) is 22.1 Å². The molecule has 5 rings (SSSR count). The first-order chi connectivity index (χ1) is 19.6. The van der Waals surface area contributed by atoms with Crippen LogP contribution in [-0.2, 0) is 14.2 Å². The molecule has 2 N–H and O–H groups in total. The van der Waals surface area contributed by atoms with Gasteiger partial charge in [0.05, 0.1) is 31.0 Å². The highest BCUT2D eigenvalue weighted by Crippen LogP contribution is 2.27. The number of rotatable bonds is 7. The number of nitrogens with one attached hydrogen (secondary N) is 2. The van der Waals surface area contributed by atoms with E-state index < -0.39 is 11.7 Å². The largest absolute Gasteiger partial charge is 0.443 e. The highest BCUT2D eigenvalue weighted by Gasteiger charge is 2.33. The maximum Gasteiger partial charge on any atom is 0.415 e. The van der Waals surface area contributed by atoms with Crippen molar-refractivity contribution in [1.82, 2.24) is 24.5 Å². The molecule has 3 aromatic heterocycles. The van der Waals surface area contributed by atoms with Crippen LogP contribution in [0.25, 0.3) is 5.65 Å². The van der Waals surface area contributed by atoms with E-state index in [4.69, 9.17) is 14.2 Å². The van der Waals surface area contributed by atoms with Crippen LogP contribution >= 0.6 is 0 Å². The van der Waals surface area contributed by atoms with Gasteiger partial charge in [-0.15, -0.1) is 0 Å². The molecule has 1 aliphatic heterocycles. The van der Waals surface area contributed by atoms with Crippen molar-refractivity contribution in [2.75, 3.05) is 37.6 Å². The highest BCUT2D eigenvalue weighted by atomic mass is 16.6. The molecule has 41 heavy (non-hydrogen) atoms. The zero-order chi connectivity index (χ0) is 29.3. The van der Waals surface area contributed by atoms with Gasteiger partial charge in [0.15, 0.2) is 5.65 Å². The van der Waals surface area contributed by atoms with Crippen molar-refractivity contribution in [3.8, 4) is 0 Å². The molecule has 2 unspecified atom stereocenters. The summed E-state index contributed by atoms with van der Waals surface area (Å²) in [6.07, 6.45) is 5.90. The van der Waals surface area contributed by atoms with E-state index in [1.165, 1.54) is 15.6 Å². The molecule has 2 fully saturated rings. The second-order valence-corrected chi connectivity index (χ2v) is 11.4. The second kappa shape index (κ2) is 11.5. The van der Waals surface area contributed by atoms with Gasteiger partial charge in [-0.1, -0.05) is 0 Å². The number of aromatic nitrogens is 4. The van der Waals surface area contributed by atoms with Crippen molar-refractivity contribution in [1.29, 1.82) is 0 Å². The normalized spacial score (nSPS) is 20.8. The predicted octanol–water partition coefficient (Wildman–Crippen LogP) is 3.26. The lowest BCUT2D eigenvalue weighted by Gasteiger charge is -2.35. The summed E-state index contributed by atoms with van der Waals surface area (Å²) in [6.45, 7) is 6.48. The number of hydrogen-bond acceptors (Lipinski definition) is 9. The van der Waals surface area contributed by atoms with E-state index in [0.717, 1.165) is 25.7 Å². The van der Waals surface area contributed by atoms with Gasteiger partial charge in [-0.25, -0.2) is 9.78 Å². The number of methoxy groups -OCH3 is 1. The summed E-state index contributed by atoms with van der Waals surface area (Å²) in [4.78, 5) is 45.6. The van der Waals surface area contributed by atoms with E-state index in [2.05, 4.69) is 20.7 Å². The zero-order valence-electron chi connectivity index (χ0n) is 24.0. The van der Waals surface area contributed by atoms with Crippen LogP contribution in [0, 0.1) is 0 Å². The van der Waals surface area contributed by atoms with E-state index in [1.807, 2.05) is 0 Å². The number of nitrogens with zero attached hydrogens (tertiary/aromatic N) is 5. The molecule has 0 spiro atoms. The first-order valence-corrected chi connectivity index (χ1v) is 13.8. The third-order valence-electron chi connectivity index (χ3n) is 7.31. The van der Waals surface area contributed by atoms with Gasteiger partial charge in [-0.05, 0) is 58.6 Å². The number of anilines is 3. The van der Waals surface area contributed by atoms with Crippen LogP contribution in [0.3, 0.4) is 0 Å². The minimum absolute atomic E-state index is 0.0466. The number of fused-ring (bicyclic) bond motifs is 1. The van der Waals surface area contributed by atoms with Crippen molar-refractivity contribution >= 4 is 35.0 Å². The molecule has 4 heterocycles. The number of pyridine rings is 1. The fourth-order valence-corrected chi connectivity index (χ4v) is 4.97. The lowest BCUT2D eigenvalue weighted by molar-refractivity contribution is 0.00732. The maximum atomic E-state index is 13.4. The number of ether oxygens (including phenoxy) is 3. The Kier molecular flexibility index (Phi) is 8.00. The van der Waals surface area contributed by atoms with E-state index in [-0.39, 0.29) is 46.7 Å². The van der Waals surface area contributed by atoms with Crippen LogP contribution in [0.1, 0.15) is 62.9 Å². The Morgan fingerprint density at radius 2 is 2.02 bits per heavy atom. The third kappa shape index (κ3) is 6.05. The van der Waals surface area contributed by atoms with Crippen molar-refractivity contribution < 1.29 is 23.8 Å². The summed E-state index contributed by atoms with van der Waals surface area (Å²) < 4.78 is 19.6. The minimum atomic E-state index is -0.730. The summed E-state index contributed by atoms with van der Waals surface area (Å²) in [5.41, 5.74) is -0.230. The molecule has 0 aromatic carbocycles. The number of amides is 2. The summed E-state index contributed by atoms with van der Waals surface area (Å²) in [5, 5.41) is 10.5. The smallest absolute Gasteiger partial charge is 0.415 e. The molecule has 3 atom stereocenters. The standard InChI is InChI=1S/C28H37N7O6/c1-28(2,3)41-27(38)33(4)23-14-22(30-20-9-6-12-34(26(20)37)17-8-7-13-40-16-17)32-24-18(15-29-35(23)24)25(36)31-19-10-11-21(19)39-5/h6,9,12,14-15,17,19,21H,7-8,10-11,13,16H2,1-5H3,(H,30,32)(H,31,36)/t17?,19?,21-/m1/s1. The van der Waals surface area contributed by atoms with Crippen molar-refractivity contribution in [2.45, 2.75) is 70.2 Å². The molecule has 3 aromatic rings. The van der Waals surface area contributed by atoms with Crippen LogP contribution < -0.4 is 21.1 Å². The Balaban J connectivity index is 1.53. The average molecular weight is 568 g/mol. The molecular formula is C28H37N7O6. The van der Waals surface area contributed by atoms with Gasteiger partial charge in [0.25, 0.3) is 11.5 Å². The summed E-state index contributed by atoms with van der Waals surface area (Å²) in [7, 11) is 3.17. The number of carbonyl (C=O) groups excluding carboxylic acids is 2. The van der Waals surface area contributed by atoms with Crippen molar-refractivity contribution in [3.63, 3.8) is 0 Å². The third-order valence-corrected chi connectivity index (χ3v) is 7.31. The Labute approximate surface area is 237 Å².